The summed E-state index contributed by atoms with van der Waals surface area (Å²) >= 11 is 0. The van der Waals surface area contributed by atoms with Crippen molar-refractivity contribution in [2.75, 3.05) is 32.6 Å². The van der Waals surface area contributed by atoms with Crippen molar-refractivity contribution in [2.45, 2.75) is 19.1 Å². The highest BCUT2D eigenvalue weighted by molar-refractivity contribution is 5.85. The fraction of sp³-hybridized carbons (Fsp3) is 0.280. The molecule has 1 heterocycles. The van der Waals surface area contributed by atoms with E-state index in [2.05, 4.69) is 97.7 Å². The first-order valence-corrected chi connectivity index (χ1v) is 9.88. The summed E-state index contributed by atoms with van der Waals surface area (Å²) in [6, 6.07) is 26.1. The lowest BCUT2D eigenvalue weighted by Crippen LogP contribution is -2.44. The molecular formula is C25H29ClN2O. The van der Waals surface area contributed by atoms with E-state index in [0.717, 1.165) is 18.7 Å². The van der Waals surface area contributed by atoms with Crippen molar-refractivity contribution in [1.29, 1.82) is 0 Å². The van der Waals surface area contributed by atoms with E-state index < -0.39 is 0 Å². The number of hydrogen-bond acceptors (Lipinski definition) is 3. The van der Waals surface area contributed by atoms with Gasteiger partial charge in [-0.3, -0.25) is 0 Å². The quantitative estimate of drug-likeness (QED) is 0.571. The molecule has 0 spiro atoms. The van der Waals surface area contributed by atoms with Crippen LogP contribution < -0.4 is 9.64 Å². The van der Waals surface area contributed by atoms with Crippen molar-refractivity contribution >= 4 is 18.1 Å². The average Bonchev–Trinajstić information content (AvgIpc) is 2.73. The fourth-order valence-electron chi connectivity index (χ4n) is 3.83. The van der Waals surface area contributed by atoms with E-state index >= 15 is 0 Å². The first kappa shape index (κ1) is 21.2. The molecule has 0 saturated carbocycles. The van der Waals surface area contributed by atoms with Crippen molar-refractivity contribution < 1.29 is 4.74 Å². The molecule has 1 aliphatic heterocycles. The molecular weight excluding hydrogens is 380 g/mol. The molecule has 152 valence electrons. The van der Waals surface area contributed by atoms with E-state index in [4.69, 9.17) is 4.74 Å². The molecule has 4 rings (SSSR count). The Balaban J connectivity index is 0.00000240. The first-order chi connectivity index (χ1) is 13.6. The summed E-state index contributed by atoms with van der Waals surface area (Å²) in [5, 5.41) is 0. The van der Waals surface area contributed by atoms with Gasteiger partial charge in [0.15, 0.2) is 0 Å². The number of rotatable bonds is 5. The Morgan fingerprint density at radius 3 is 2.31 bits per heavy atom. The molecule has 29 heavy (non-hydrogen) atoms. The van der Waals surface area contributed by atoms with Crippen molar-refractivity contribution in [3.8, 4) is 16.9 Å². The number of nitrogens with zero attached hydrogens (tertiary/aromatic N) is 2. The summed E-state index contributed by atoms with van der Waals surface area (Å²) in [7, 11) is 6.48. The second kappa shape index (κ2) is 9.34. The lowest BCUT2D eigenvalue weighted by molar-refractivity contribution is 0.287. The minimum Gasteiger partial charge on any atom is -0.489 e. The highest BCUT2D eigenvalue weighted by Gasteiger charge is 2.23. The zero-order chi connectivity index (χ0) is 19.5. The highest BCUT2D eigenvalue weighted by atomic mass is 35.5. The SMILES string of the molecule is CN1CC(N(C)C)Cc2ccc(OCc3ccc(-c4ccccc4)cc3)cc21.Cl. The predicted molar refractivity (Wildman–Crippen MR) is 124 cm³/mol. The van der Waals surface area contributed by atoms with Crippen LogP contribution in [0.2, 0.25) is 0 Å². The molecule has 1 aliphatic rings. The lowest BCUT2D eigenvalue weighted by Gasteiger charge is -2.36. The monoisotopic (exact) mass is 408 g/mol. The van der Waals surface area contributed by atoms with Gasteiger partial charge in [-0.05, 0) is 48.8 Å². The maximum Gasteiger partial charge on any atom is 0.121 e. The number of fused-ring (bicyclic) bond motifs is 1. The molecule has 0 saturated heterocycles. The third-order valence-corrected chi connectivity index (χ3v) is 5.61. The van der Waals surface area contributed by atoms with E-state index in [9.17, 15) is 0 Å². The highest BCUT2D eigenvalue weighted by Crippen LogP contribution is 2.31. The Labute approximate surface area is 180 Å². The Morgan fingerprint density at radius 2 is 1.62 bits per heavy atom. The van der Waals surface area contributed by atoms with Gasteiger partial charge in [-0.1, -0.05) is 60.7 Å². The molecule has 3 nitrogen and oxygen atoms in total. The molecule has 0 bridgehead atoms. The van der Waals surface area contributed by atoms with Crippen molar-refractivity contribution in [2.24, 2.45) is 0 Å². The second-order valence-electron chi connectivity index (χ2n) is 7.84. The molecule has 1 atom stereocenters. The van der Waals surface area contributed by atoms with Crippen molar-refractivity contribution in [1.82, 2.24) is 4.90 Å². The van der Waals surface area contributed by atoms with Gasteiger partial charge in [0.05, 0.1) is 0 Å². The van der Waals surface area contributed by atoms with E-state index in [1.54, 1.807) is 0 Å². The van der Waals surface area contributed by atoms with Crippen LogP contribution in [0.25, 0.3) is 11.1 Å². The van der Waals surface area contributed by atoms with Gasteiger partial charge in [-0.2, -0.15) is 0 Å². The van der Waals surface area contributed by atoms with Crippen LogP contribution in [0.3, 0.4) is 0 Å². The number of likely N-dealkylation sites (N-methyl/N-ethyl adjacent to an activating group) is 2. The summed E-state index contributed by atoms with van der Waals surface area (Å²) in [6.07, 6.45) is 1.09. The molecule has 0 fully saturated rings. The standard InChI is InChI=1S/C25H28N2O.ClH/c1-26(2)23-15-22-13-14-24(16-25(22)27(3)17-23)28-18-19-9-11-21(12-10-19)20-7-5-4-6-8-20;/h4-14,16,23H,15,17-18H2,1-3H3;1H. The molecule has 4 heteroatoms. The van der Waals surface area contributed by atoms with Crippen LogP contribution in [0.5, 0.6) is 5.75 Å². The van der Waals surface area contributed by atoms with E-state index in [0.29, 0.717) is 12.6 Å². The first-order valence-electron chi connectivity index (χ1n) is 9.88. The van der Waals surface area contributed by atoms with Crippen LogP contribution in [0.1, 0.15) is 11.1 Å². The molecule has 0 aromatic heterocycles. The van der Waals surface area contributed by atoms with Crippen molar-refractivity contribution in [3.63, 3.8) is 0 Å². The van der Waals surface area contributed by atoms with Crippen LogP contribution >= 0.6 is 12.4 Å². The van der Waals surface area contributed by atoms with Gasteiger partial charge in [-0.25, -0.2) is 0 Å². The summed E-state index contributed by atoms with van der Waals surface area (Å²) in [4.78, 5) is 4.65. The third kappa shape index (κ3) is 4.92. The summed E-state index contributed by atoms with van der Waals surface area (Å²) in [6.45, 7) is 1.63. The number of anilines is 1. The lowest BCUT2D eigenvalue weighted by atomic mass is 9.97. The molecule has 0 amide bonds. The Hall–Kier alpha value is -2.49. The van der Waals surface area contributed by atoms with Crippen LogP contribution in [0.4, 0.5) is 5.69 Å². The Morgan fingerprint density at radius 1 is 0.931 bits per heavy atom. The number of ether oxygens (including phenoxy) is 1. The third-order valence-electron chi connectivity index (χ3n) is 5.61. The number of benzene rings is 3. The van der Waals surface area contributed by atoms with Crippen LogP contribution in [0.15, 0.2) is 72.8 Å². The summed E-state index contributed by atoms with van der Waals surface area (Å²) in [5.41, 5.74) is 6.33. The smallest absolute Gasteiger partial charge is 0.121 e. The maximum absolute atomic E-state index is 6.09. The van der Waals surface area contributed by atoms with Crippen LogP contribution in [-0.2, 0) is 13.0 Å². The van der Waals surface area contributed by atoms with Crippen LogP contribution in [0, 0.1) is 0 Å². The average molecular weight is 409 g/mol. The molecule has 3 aromatic rings. The van der Waals surface area contributed by atoms with E-state index in [1.165, 1.54) is 27.9 Å². The predicted octanol–water partition coefficient (Wildman–Crippen LogP) is 5.28. The van der Waals surface area contributed by atoms with Gasteiger partial charge in [-0.15, -0.1) is 12.4 Å². The van der Waals surface area contributed by atoms with Gasteiger partial charge >= 0.3 is 0 Å². The van der Waals surface area contributed by atoms with Gasteiger partial charge in [0.25, 0.3) is 0 Å². The Bertz CT molecular complexity index is 925. The summed E-state index contributed by atoms with van der Waals surface area (Å²) < 4.78 is 6.09. The maximum atomic E-state index is 6.09. The Kier molecular flexibility index (Phi) is 6.83. The fourth-order valence-corrected chi connectivity index (χ4v) is 3.83. The molecule has 3 aromatic carbocycles. The number of halogens is 1. The normalized spacial score (nSPS) is 15.6. The van der Waals surface area contributed by atoms with Gasteiger partial charge < -0.3 is 14.5 Å². The van der Waals surface area contributed by atoms with E-state index in [1.807, 2.05) is 6.07 Å². The number of hydrogen-bond donors (Lipinski definition) is 0. The summed E-state index contributed by atoms with van der Waals surface area (Å²) in [5.74, 6) is 0.932. The zero-order valence-corrected chi connectivity index (χ0v) is 18.2. The van der Waals surface area contributed by atoms with E-state index in [-0.39, 0.29) is 12.4 Å². The van der Waals surface area contributed by atoms with Gasteiger partial charge in [0, 0.05) is 31.4 Å². The van der Waals surface area contributed by atoms with Crippen molar-refractivity contribution in [3.05, 3.63) is 83.9 Å². The minimum absolute atomic E-state index is 0. The van der Waals surface area contributed by atoms with Gasteiger partial charge in [0.2, 0.25) is 0 Å². The van der Waals surface area contributed by atoms with Gasteiger partial charge in [0.1, 0.15) is 12.4 Å². The minimum atomic E-state index is 0. The molecule has 1 unspecified atom stereocenters. The molecule has 0 radical (unpaired) electrons. The zero-order valence-electron chi connectivity index (χ0n) is 17.3. The largest absolute Gasteiger partial charge is 0.489 e. The van der Waals surface area contributed by atoms with Crippen LogP contribution in [-0.4, -0.2) is 38.6 Å². The topological polar surface area (TPSA) is 15.7 Å². The molecule has 0 aliphatic carbocycles. The molecule has 0 N–H and O–H groups in total. The second-order valence-corrected chi connectivity index (χ2v) is 7.84.